The van der Waals surface area contributed by atoms with Crippen molar-refractivity contribution in [2.45, 2.75) is 69.6 Å². The standard InChI is InChI=1S/C30H28Cl3F2N3O2S/c31-20-4-1-3-16(27(20)33)15-38(18-7-8-18)30(39)26-19(13-17-6-11-23(26)37-17)24-14-36-25(41-24)5-2-12-40-29-22(34)10-9-21(32)28(29)35/h1,3-4,9-10,14,17-18,23,37H,2,5-8,11-13,15H2/t17-,23+/m0/s1. The first-order valence-electron chi connectivity index (χ1n) is 13.7. The summed E-state index contributed by atoms with van der Waals surface area (Å²) in [5.74, 6) is -2.10. The fraction of sp³-hybridized carbons (Fsp3) is 0.400. The van der Waals surface area contributed by atoms with Gasteiger partial charge >= 0.3 is 0 Å². The molecule has 0 unspecified atom stereocenters. The molecule has 41 heavy (non-hydrogen) atoms. The van der Waals surface area contributed by atoms with Crippen LogP contribution in [0.1, 0.15) is 54.0 Å². The monoisotopic (exact) mass is 637 g/mol. The van der Waals surface area contributed by atoms with Gasteiger partial charge in [-0.15, -0.1) is 11.3 Å². The van der Waals surface area contributed by atoms with Crippen molar-refractivity contribution in [2.24, 2.45) is 0 Å². The molecule has 1 amide bonds. The maximum absolute atomic E-state index is 14.2. The minimum Gasteiger partial charge on any atom is -0.488 e. The van der Waals surface area contributed by atoms with Gasteiger partial charge in [-0.3, -0.25) is 4.79 Å². The predicted molar refractivity (Wildman–Crippen MR) is 159 cm³/mol. The van der Waals surface area contributed by atoms with E-state index >= 15 is 0 Å². The SMILES string of the molecule is O=C(C1=C(c2cnc(CCCOc3c(F)ccc(Cl)c3F)s2)C[C@@H]2CC[C@H]1N2)N(Cc1cccc(Cl)c1Cl)C1CC1. The molecule has 3 aliphatic rings. The number of hydrogen-bond acceptors (Lipinski definition) is 5. The molecule has 216 valence electrons. The van der Waals surface area contributed by atoms with Crippen LogP contribution in [0, 0.1) is 11.6 Å². The molecule has 5 nitrogen and oxygen atoms in total. The van der Waals surface area contributed by atoms with Crippen LogP contribution < -0.4 is 10.1 Å². The molecule has 3 aromatic rings. The maximum Gasteiger partial charge on any atom is 0.252 e. The Bertz CT molecular complexity index is 1510. The minimum absolute atomic E-state index is 0.00812. The molecule has 6 rings (SSSR count). The van der Waals surface area contributed by atoms with Crippen LogP contribution in [0.25, 0.3) is 5.57 Å². The number of thiazole rings is 1. The Hall–Kier alpha value is -2.23. The van der Waals surface area contributed by atoms with Gasteiger partial charge in [0.1, 0.15) is 0 Å². The van der Waals surface area contributed by atoms with Gasteiger partial charge in [-0.25, -0.2) is 13.8 Å². The number of aromatic nitrogens is 1. The van der Waals surface area contributed by atoms with Crippen LogP contribution in [0.4, 0.5) is 8.78 Å². The van der Waals surface area contributed by atoms with Gasteiger partial charge in [0.05, 0.1) is 31.6 Å². The van der Waals surface area contributed by atoms with Crippen LogP contribution >= 0.6 is 46.1 Å². The van der Waals surface area contributed by atoms with Crippen molar-refractivity contribution in [3.05, 3.63) is 84.3 Å². The van der Waals surface area contributed by atoms with Crippen molar-refractivity contribution in [1.82, 2.24) is 15.2 Å². The average molecular weight is 639 g/mol. The van der Waals surface area contributed by atoms with E-state index in [0.29, 0.717) is 35.5 Å². The molecule has 2 aromatic carbocycles. The van der Waals surface area contributed by atoms with Gasteiger partial charge in [-0.1, -0.05) is 46.9 Å². The first-order chi connectivity index (χ1) is 19.8. The maximum atomic E-state index is 14.2. The van der Waals surface area contributed by atoms with E-state index < -0.39 is 17.4 Å². The summed E-state index contributed by atoms with van der Waals surface area (Å²) in [6.07, 6.45) is 7.61. The lowest BCUT2D eigenvalue weighted by molar-refractivity contribution is -0.128. The fourth-order valence-corrected chi connectivity index (χ4v) is 7.21. The Morgan fingerprint density at radius 2 is 1.93 bits per heavy atom. The van der Waals surface area contributed by atoms with Crippen molar-refractivity contribution < 1.29 is 18.3 Å². The van der Waals surface area contributed by atoms with Gasteiger partial charge in [0, 0.05) is 42.9 Å². The average Bonchev–Trinajstić information content (AvgIpc) is 3.58. The first-order valence-corrected chi connectivity index (χ1v) is 15.7. The van der Waals surface area contributed by atoms with E-state index in [4.69, 9.17) is 39.5 Å². The van der Waals surface area contributed by atoms with E-state index in [1.807, 2.05) is 23.2 Å². The minimum atomic E-state index is -0.897. The second-order valence-corrected chi connectivity index (χ2v) is 13.0. The number of ether oxygens (including phenoxy) is 1. The highest BCUT2D eigenvalue weighted by Crippen LogP contribution is 2.42. The van der Waals surface area contributed by atoms with Crippen molar-refractivity contribution in [3.63, 3.8) is 0 Å². The number of carbonyl (C=O) groups is 1. The van der Waals surface area contributed by atoms with E-state index in [1.165, 1.54) is 0 Å². The quantitative estimate of drug-likeness (QED) is 0.181. The van der Waals surface area contributed by atoms with Crippen LogP contribution in [-0.2, 0) is 17.8 Å². The number of nitrogens with one attached hydrogen (secondary N) is 1. The molecular formula is C30H28Cl3F2N3O2S. The third-order valence-electron chi connectivity index (χ3n) is 7.85. The summed E-state index contributed by atoms with van der Waals surface area (Å²) < 4.78 is 33.4. The van der Waals surface area contributed by atoms with Gasteiger partial charge in [0.25, 0.3) is 5.91 Å². The molecule has 1 aromatic heterocycles. The number of carbonyl (C=O) groups excluding carboxylic acids is 1. The zero-order valence-electron chi connectivity index (χ0n) is 22.1. The van der Waals surface area contributed by atoms with Crippen LogP contribution in [0.3, 0.4) is 0 Å². The van der Waals surface area contributed by atoms with Crippen LogP contribution in [-0.4, -0.2) is 40.5 Å². The molecule has 1 N–H and O–H groups in total. The molecule has 1 aliphatic carbocycles. The number of halogens is 5. The molecule has 2 fully saturated rings. The first kappa shape index (κ1) is 28.9. The Morgan fingerprint density at radius 1 is 1.10 bits per heavy atom. The summed E-state index contributed by atoms with van der Waals surface area (Å²) >= 11 is 20.1. The zero-order valence-corrected chi connectivity index (χ0v) is 25.2. The predicted octanol–water partition coefficient (Wildman–Crippen LogP) is 7.86. The molecule has 1 saturated heterocycles. The van der Waals surface area contributed by atoms with E-state index in [9.17, 15) is 13.6 Å². The molecular weight excluding hydrogens is 611 g/mol. The Morgan fingerprint density at radius 3 is 2.73 bits per heavy atom. The van der Waals surface area contributed by atoms with Crippen LogP contribution in [0.5, 0.6) is 5.75 Å². The highest BCUT2D eigenvalue weighted by Gasteiger charge is 2.42. The van der Waals surface area contributed by atoms with Gasteiger partial charge in [0.2, 0.25) is 0 Å². The van der Waals surface area contributed by atoms with Crippen molar-refractivity contribution in [1.29, 1.82) is 0 Å². The summed E-state index contributed by atoms with van der Waals surface area (Å²) in [5.41, 5.74) is 2.73. The number of aryl methyl sites for hydroxylation is 1. The molecule has 11 heteroatoms. The lowest BCUT2D eigenvalue weighted by Crippen LogP contribution is -2.44. The zero-order chi connectivity index (χ0) is 28.7. The van der Waals surface area contributed by atoms with Crippen LogP contribution in [0.15, 0.2) is 42.1 Å². The Labute approximate surface area is 256 Å². The number of rotatable bonds is 10. The summed E-state index contributed by atoms with van der Waals surface area (Å²) in [4.78, 5) is 21.8. The van der Waals surface area contributed by atoms with Crippen molar-refractivity contribution in [2.75, 3.05) is 6.61 Å². The van der Waals surface area contributed by atoms with Crippen LogP contribution in [0.2, 0.25) is 15.1 Å². The molecule has 0 radical (unpaired) electrons. The van der Waals surface area contributed by atoms with Gasteiger partial charge in [0.15, 0.2) is 17.4 Å². The number of hydrogen-bond donors (Lipinski definition) is 1. The number of benzene rings is 2. The Kier molecular flexibility index (Phi) is 8.57. The summed E-state index contributed by atoms with van der Waals surface area (Å²) in [5, 5.41) is 5.31. The molecule has 0 spiro atoms. The number of fused-ring (bicyclic) bond motifs is 2. The second-order valence-electron chi connectivity index (χ2n) is 10.7. The smallest absolute Gasteiger partial charge is 0.252 e. The van der Waals surface area contributed by atoms with Gasteiger partial charge in [-0.05, 0) is 67.9 Å². The molecule has 3 heterocycles. The molecule has 1 saturated carbocycles. The summed E-state index contributed by atoms with van der Waals surface area (Å²) in [6.45, 7) is 0.531. The van der Waals surface area contributed by atoms with E-state index in [1.54, 1.807) is 17.4 Å². The molecule has 2 aliphatic heterocycles. The summed E-state index contributed by atoms with van der Waals surface area (Å²) in [7, 11) is 0. The summed E-state index contributed by atoms with van der Waals surface area (Å²) in [6, 6.07) is 8.32. The second kappa shape index (κ2) is 12.2. The van der Waals surface area contributed by atoms with Crippen molar-refractivity contribution in [3.8, 4) is 5.75 Å². The lowest BCUT2D eigenvalue weighted by atomic mass is 9.93. The van der Waals surface area contributed by atoms with Crippen molar-refractivity contribution >= 4 is 57.6 Å². The highest BCUT2D eigenvalue weighted by molar-refractivity contribution is 7.12. The Balaban J connectivity index is 1.19. The van der Waals surface area contributed by atoms with Gasteiger partial charge in [-0.2, -0.15) is 0 Å². The fourth-order valence-electron chi connectivity index (χ4n) is 5.65. The van der Waals surface area contributed by atoms with E-state index in [-0.39, 0.29) is 29.6 Å². The normalized spacial score (nSPS) is 20.0. The van der Waals surface area contributed by atoms with E-state index in [0.717, 1.165) is 70.8 Å². The molecule has 2 atom stereocenters. The third kappa shape index (κ3) is 6.13. The van der Waals surface area contributed by atoms with Gasteiger partial charge < -0.3 is 15.0 Å². The molecule has 2 bridgehead atoms. The lowest BCUT2D eigenvalue weighted by Gasteiger charge is -2.31. The largest absolute Gasteiger partial charge is 0.488 e. The number of nitrogens with zero attached hydrogens (tertiary/aromatic N) is 2. The number of amides is 1. The highest BCUT2D eigenvalue weighted by atomic mass is 35.5. The third-order valence-corrected chi connectivity index (χ3v) is 10.1. The van der Waals surface area contributed by atoms with E-state index in [2.05, 4.69) is 10.3 Å². The topological polar surface area (TPSA) is 54.5 Å².